The van der Waals surface area contributed by atoms with Gasteiger partial charge in [-0.05, 0) is 37.0 Å². The minimum Gasteiger partial charge on any atom is -0.467 e. The number of ether oxygens (including phenoxy) is 1. The van der Waals surface area contributed by atoms with E-state index in [1.807, 2.05) is 20.8 Å². The average Bonchev–Trinajstić information content (AvgIpc) is 3.20. The van der Waals surface area contributed by atoms with E-state index in [2.05, 4.69) is 15.3 Å². The number of nitrogens with zero attached hydrogens (tertiary/aromatic N) is 3. The van der Waals surface area contributed by atoms with E-state index in [4.69, 9.17) is 4.74 Å². The molecule has 1 aromatic carbocycles. The Labute approximate surface area is 198 Å². The number of halogens is 1. The monoisotopic (exact) mass is 473 g/mol. The molecule has 1 saturated heterocycles. The lowest BCUT2D eigenvalue weighted by Gasteiger charge is -2.41. The molecular weight excluding hydrogens is 441 g/mol. The van der Waals surface area contributed by atoms with Crippen molar-refractivity contribution in [1.82, 2.24) is 25.1 Å². The molecule has 2 N–H and O–H groups in total. The van der Waals surface area contributed by atoms with Crippen LogP contribution in [-0.2, 0) is 27.3 Å². The molecule has 9 nitrogen and oxygen atoms in total. The smallest absolute Gasteiger partial charge is 0.328 e. The number of carbonyl (C=O) groups excluding carboxylic acids is 3. The van der Waals surface area contributed by atoms with Crippen molar-refractivity contribution >= 4 is 17.9 Å². The van der Waals surface area contributed by atoms with E-state index in [9.17, 15) is 18.8 Å². The lowest BCUT2D eigenvalue weighted by Crippen LogP contribution is -2.62. The third-order valence-electron chi connectivity index (χ3n) is 5.95. The summed E-state index contributed by atoms with van der Waals surface area (Å²) in [5.74, 6) is -0.990. The predicted octanol–water partition coefficient (Wildman–Crippen LogP) is 2.41. The van der Waals surface area contributed by atoms with Gasteiger partial charge in [-0.1, -0.05) is 26.0 Å². The lowest BCUT2D eigenvalue weighted by atomic mass is 10.0. The van der Waals surface area contributed by atoms with Crippen LogP contribution in [0.1, 0.15) is 37.2 Å². The number of benzene rings is 1. The molecule has 0 aliphatic carbocycles. The van der Waals surface area contributed by atoms with Gasteiger partial charge in [-0.3, -0.25) is 4.79 Å². The summed E-state index contributed by atoms with van der Waals surface area (Å²) in [6.07, 6.45) is 2.21. The molecule has 2 aromatic rings. The largest absolute Gasteiger partial charge is 0.467 e. The first kappa shape index (κ1) is 25.2. The number of imidazole rings is 1. The van der Waals surface area contributed by atoms with E-state index in [1.165, 1.54) is 24.1 Å². The zero-order valence-corrected chi connectivity index (χ0v) is 20.0. The first-order valence-electron chi connectivity index (χ1n) is 11.4. The Morgan fingerprint density at radius 1 is 1.26 bits per heavy atom. The molecule has 1 aromatic heterocycles. The molecule has 0 spiro atoms. The lowest BCUT2D eigenvalue weighted by molar-refractivity contribution is -0.143. The zero-order valence-electron chi connectivity index (χ0n) is 20.0. The third-order valence-corrected chi connectivity index (χ3v) is 5.95. The molecule has 34 heavy (non-hydrogen) atoms. The van der Waals surface area contributed by atoms with Crippen LogP contribution in [0.4, 0.5) is 9.18 Å². The second-order valence-corrected chi connectivity index (χ2v) is 8.93. The van der Waals surface area contributed by atoms with Crippen molar-refractivity contribution in [2.45, 2.75) is 52.2 Å². The Morgan fingerprint density at radius 2 is 1.97 bits per heavy atom. The van der Waals surface area contributed by atoms with Crippen LogP contribution in [0.3, 0.4) is 0 Å². The third kappa shape index (κ3) is 6.12. The van der Waals surface area contributed by atoms with Crippen molar-refractivity contribution in [3.05, 3.63) is 53.4 Å². The molecule has 2 atom stereocenters. The molecule has 0 unspecified atom stereocenters. The van der Waals surface area contributed by atoms with Gasteiger partial charge in [-0.2, -0.15) is 0 Å². The standard InChI is InChI=1S/C24H32FN5O4/c1-15(2)11-19(23(32)34-4)28-24(33)30-10-9-29(13-20-16(3)26-14-27-20)22(31)21(30)12-17-5-7-18(25)8-6-17/h5-8,14-15,19,21H,9-13H2,1-4H3,(H,26,27)(H,28,33)/t19-,21-/m0/s1. The number of carbonyl (C=O) groups is 3. The number of nitrogens with one attached hydrogen (secondary N) is 2. The summed E-state index contributed by atoms with van der Waals surface area (Å²) in [5, 5.41) is 2.75. The van der Waals surface area contributed by atoms with Gasteiger partial charge in [-0.15, -0.1) is 0 Å². The van der Waals surface area contributed by atoms with Gasteiger partial charge in [0, 0.05) is 25.2 Å². The highest BCUT2D eigenvalue weighted by atomic mass is 19.1. The highest BCUT2D eigenvalue weighted by molar-refractivity contribution is 5.90. The van der Waals surface area contributed by atoms with Crippen molar-refractivity contribution in [3.63, 3.8) is 0 Å². The quantitative estimate of drug-likeness (QED) is 0.573. The summed E-state index contributed by atoms with van der Waals surface area (Å²) in [4.78, 5) is 49.4. The predicted molar refractivity (Wildman–Crippen MR) is 123 cm³/mol. The Kier molecular flexibility index (Phi) is 8.25. The van der Waals surface area contributed by atoms with Crippen LogP contribution in [0.5, 0.6) is 0 Å². The van der Waals surface area contributed by atoms with Gasteiger partial charge in [0.15, 0.2) is 0 Å². The number of methoxy groups -OCH3 is 1. The van der Waals surface area contributed by atoms with Crippen LogP contribution in [0.25, 0.3) is 0 Å². The number of piperazine rings is 1. The average molecular weight is 474 g/mol. The number of esters is 1. The Balaban J connectivity index is 1.82. The molecule has 1 aliphatic rings. The van der Waals surface area contributed by atoms with Gasteiger partial charge >= 0.3 is 12.0 Å². The van der Waals surface area contributed by atoms with E-state index in [0.29, 0.717) is 19.5 Å². The molecule has 3 rings (SSSR count). The number of rotatable bonds is 8. The molecular formula is C24H32FN5O4. The molecule has 0 saturated carbocycles. The molecule has 3 amide bonds. The van der Waals surface area contributed by atoms with Crippen molar-refractivity contribution in [2.75, 3.05) is 20.2 Å². The number of hydrogen-bond donors (Lipinski definition) is 2. The number of hydrogen-bond acceptors (Lipinski definition) is 5. The number of aromatic nitrogens is 2. The summed E-state index contributed by atoms with van der Waals surface area (Å²) < 4.78 is 18.3. The number of urea groups is 1. The van der Waals surface area contributed by atoms with Gasteiger partial charge < -0.3 is 24.8 Å². The van der Waals surface area contributed by atoms with Gasteiger partial charge in [0.05, 0.1) is 25.7 Å². The fourth-order valence-electron chi connectivity index (χ4n) is 4.07. The molecule has 184 valence electrons. The maximum absolute atomic E-state index is 13.5. The minimum absolute atomic E-state index is 0.148. The topological polar surface area (TPSA) is 108 Å². The van der Waals surface area contributed by atoms with Crippen LogP contribution in [0.15, 0.2) is 30.6 Å². The molecule has 10 heteroatoms. The Hall–Kier alpha value is -3.43. The van der Waals surface area contributed by atoms with Crippen molar-refractivity contribution < 1.29 is 23.5 Å². The molecule has 1 aliphatic heterocycles. The van der Waals surface area contributed by atoms with Crippen LogP contribution < -0.4 is 5.32 Å². The summed E-state index contributed by atoms with van der Waals surface area (Å²) in [7, 11) is 1.28. The highest BCUT2D eigenvalue weighted by Gasteiger charge is 2.39. The minimum atomic E-state index is -0.816. The van der Waals surface area contributed by atoms with Crippen molar-refractivity contribution in [2.24, 2.45) is 5.92 Å². The molecule has 1 fully saturated rings. The number of aromatic amines is 1. The highest BCUT2D eigenvalue weighted by Crippen LogP contribution is 2.20. The SMILES string of the molecule is COC(=O)[C@H](CC(C)C)NC(=O)N1CCN(Cc2nc[nH]c2C)C(=O)[C@@H]1Cc1ccc(F)cc1. The second kappa shape index (κ2) is 11.1. The normalized spacial score (nSPS) is 17.1. The van der Waals surface area contributed by atoms with Gasteiger partial charge in [0.25, 0.3) is 0 Å². The van der Waals surface area contributed by atoms with Gasteiger partial charge in [0.2, 0.25) is 5.91 Å². The first-order chi connectivity index (χ1) is 16.2. The van der Waals surface area contributed by atoms with Crippen molar-refractivity contribution in [1.29, 1.82) is 0 Å². The molecule has 2 heterocycles. The molecule has 0 bridgehead atoms. The Morgan fingerprint density at radius 3 is 2.56 bits per heavy atom. The van der Waals surface area contributed by atoms with Gasteiger partial charge in [-0.25, -0.2) is 19.0 Å². The van der Waals surface area contributed by atoms with E-state index in [1.54, 1.807) is 23.4 Å². The van der Waals surface area contributed by atoms with E-state index in [0.717, 1.165) is 17.0 Å². The van der Waals surface area contributed by atoms with Crippen LogP contribution in [0.2, 0.25) is 0 Å². The van der Waals surface area contributed by atoms with Gasteiger partial charge in [0.1, 0.15) is 17.9 Å². The van der Waals surface area contributed by atoms with Crippen LogP contribution >= 0.6 is 0 Å². The van der Waals surface area contributed by atoms with E-state index < -0.39 is 24.1 Å². The van der Waals surface area contributed by atoms with Crippen LogP contribution in [0, 0.1) is 18.7 Å². The fraction of sp³-hybridized carbons (Fsp3) is 0.500. The summed E-state index contributed by atoms with van der Waals surface area (Å²) >= 11 is 0. The zero-order chi connectivity index (χ0) is 24.8. The maximum atomic E-state index is 13.5. The van der Waals surface area contributed by atoms with Crippen molar-refractivity contribution in [3.8, 4) is 0 Å². The first-order valence-corrected chi connectivity index (χ1v) is 11.4. The maximum Gasteiger partial charge on any atom is 0.328 e. The second-order valence-electron chi connectivity index (χ2n) is 8.93. The summed E-state index contributed by atoms with van der Waals surface area (Å²) in [5.41, 5.74) is 2.36. The number of amides is 3. The van der Waals surface area contributed by atoms with E-state index >= 15 is 0 Å². The van der Waals surface area contributed by atoms with Crippen LogP contribution in [-0.4, -0.2) is 70.0 Å². The fourth-order valence-corrected chi connectivity index (χ4v) is 4.07. The summed E-state index contributed by atoms with van der Waals surface area (Å²) in [6, 6.07) is 3.73. The van der Waals surface area contributed by atoms with E-state index in [-0.39, 0.29) is 30.6 Å². The Bertz CT molecular complexity index is 1010. The number of H-pyrrole nitrogens is 1. The molecule has 0 radical (unpaired) electrons. The summed E-state index contributed by atoms with van der Waals surface area (Å²) in [6.45, 7) is 6.70. The number of aryl methyl sites for hydroxylation is 1.